The smallest absolute Gasteiger partial charge is 0.227 e. The van der Waals surface area contributed by atoms with Crippen LogP contribution in [0, 0.1) is 11.3 Å². The van der Waals surface area contributed by atoms with E-state index in [1.807, 2.05) is 0 Å². The molecule has 2 N–H and O–H groups in total. The summed E-state index contributed by atoms with van der Waals surface area (Å²) in [5.41, 5.74) is -0.122. The van der Waals surface area contributed by atoms with Gasteiger partial charge in [0.25, 0.3) is 0 Å². The maximum atomic E-state index is 12.5. The average molecular weight is 266 g/mol. The number of carbonyl (C=O) groups excluding carboxylic acids is 1. The summed E-state index contributed by atoms with van der Waals surface area (Å²) < 4.78 is 0. The molecule has 1 saturated heterocycles. The topological polar surface area (TPSA) is 41.1 Å². The Hall–Kier alpha value is -0.570. The lowest BCUT2D eigenvalue weighted by atomic mass is 9.76. The molecule has 110 valence electrons. The molecule has 19 heavy (non-hydrogen) atoms. The first-order valence-corrected chi connectivity index (χ1v) is 8.26. The van der Waals surface area contributed by atoms with Crippen LogP contribution < -0.4 is 10.6 Å². The molecule has 2 rings (SSSR count). The van der Waals surface area contributed by atoms with Crippen molar-refractivity contribution in [3.05, 3.63) is 0 Å². The second-order valence-electron chi connectivity index (χ2n) is 6.51. The van der Waals surface area contributed by atoms with E-state index in [2.05, 4.69) is 17.6 Å². The summed E-state index contributed by atoms with van der Waals surface area (Å²) in [5.74, 6) is 1.17. The van der Waals surface area contributed by atoms with E-state index >= 15 is 0 Å². The third kappa shape index (κ3) is 3.95. The highest BCUT2D eigenvalue weighted by Gasteiger charge is 2.38. The van der Waals surface area contributed by atoms with Gasteiger partial charge in [-0.25, -0.2) is 0 Å². The molecule has 1 aliphatic heterocycles. The fourth-order valence-electron chi connectivity index (χ4n) is 3.84. The number of rotatable bonds is 6. The lowest BCUT2D eigenvalue weighted by Crippen LogP contribution is -2.50. The molecule has 1 atom stereocenters. The molecule has 1 amide bonds. The Morgan fingerprint density at radius 1 is 1.32 bits per heavy atom. The van der Waals surface area contributed by atoms with Crippen LogP contribution in [0.5, 0.6) is 0 Å². The Kier molecular flexibility index (Phi) is 5.68. The van der Waals surface area contributed by atoms with Crippen molar-refractivity contribution in [1.82, 2.24) is 10.6 Å². The zero-order valence-corrected chi connectivity index (χ0v) is 12.5. The van der Waals surface area contributed by atoms with Crippen molar-refractivity contribution in [2.75, 3.05) is 19.6 Å². The van der Waals surface area contributed by atoms with Gasteiger partial charge >= 0.3 is 0 Å². The summed E-state index contributed by atoms with van der Waals surface area (Å²) in [4.78, 5) is 12.5. The third-order valence-electron chi connectivity index (χ3n) is 5.00. The van der Waals surface area contributed by atoms with Gasteiger partial charge in [-0.1, -0.05) is 39.0 Å². The first kappa shape index (κ1) is 14.8. The van der Waals surface area contributed by atoms with Gasteiger partial charge in [-0.3, -0.25) is 4.79 Å². The van der Waals surface area contributed by atoms with Crippen molar-refractivity contribution in [2.45, 2.75) is 64.7 Å². The molecule has 1 saturated carbocycles. The molecule has 1 aliphatic carbocycles. The highest BCUT2D eigenvalue weighted by molar-refractivity contribution is 5.83. The predicted molar refractivity (Wildman–Crippen MR) is 79.0 cm³/mol. The van der Waals surface area contributed by atoms with Crippen LogP contribution in [0.3, 0.4) is 0 Å². The van der Waals surface area contributed by atoms with Crippen molar-refractivity contribution >= 4 is 5.91 Å². The molecule has 3 heteroatoms. The Morgan fingerprint density at radius 3 is 2.74 bits per heavy atom. The Bertz CT molecular complexity index is 273. The molecule has 0 bridgehead atoms. The first-order chi connectivity index (χ1) is 9.27. The Morgan fingerprint density at radius 2 is 2.11 bits per heavy atom. The van der Waals surface area contributed by atoms with E-state index in [1.165, 1.54) is 32.1 Å². The van der Waals surface area contributed by atoms with E-state index in [0.717, 1.165) is 51.2 Å². The molecule has 1 unspecified atom stereocenters. The van der Waals surface area contributed by atoms with Crippen LogP contribution in [0.15, 0.2) is 0 Å². The van der Waals surface area contributed by atoms with Crippen LogP contribution in [0.2, 0.25) is 0 Å². The van der Waals surface area contributed by atoms with E-state index in [1.54, 1.807) is 0 Å². The summed E-state index contributed by atoms with van der Waals surface area (Å²) in [5, 5.41) is 6.64. The van der Waals surface area contributed by atoms with Gasteiger partial charge in [0.2, 0.25) is 5.91 Å². The quantitative estimate of drug-likeness (QED) is 0.776. The molecule has 0 radical (unpaired) electrons. The van der Waals surface area contributed by atoms with Crippen molar-refractivity contribution < 1.29 is 4.79 Å². The van der Waals surface area contributed by atoms with Gasteiger partial charge in [0.1, 0.15) is 0 Å². The fourth-order valence-corrected chi connectivity index (χ4v) is 3.84. The largest absolute Gasteiger partial charge is 0.356 e. The molecule has 0 spiro atoms. The molecular formula is C16H30N2O. The van der Waals surface area contributed by atoms with Crippen LogP contribution in [0.1, 0.15) is 64.7 Å². The van der Waals surface area contributed by atoms with Gasteiger partial charge in [0, 0.05) is 13.1 Å². The minimum Gasteiger partial charge on any atom is -0.356 e. The summed E-state index contributed by atoms with van der Waals surface area (Å²) in [6, 6.07) is 0. The highest BCUT2D eigenvalue weighted by atomic mass is 16.2. The van der Waals surface area contributed by atoms with Crippen molar-refractivity contribution in [3.63, 3.8) is 0 Å². The molecule has 0 aromatic rings. The fraction of sp³-hybridized carbons (Fsp3) is 0.938. The second kappa shape index (κ2) is 7.28. The maximum absolute atomic E-state index is 12.5. The zero-order valence-electron chi connectivity index (χ0n) is 12.5. The third-order valence-corrected chi connectivity index (χ3v) is 5.00. The number of hydrogen-bond donors (Lipinski definition) is 2. The van der Waals surface area contributed by atoms with E-state index in [4.69, 9.17) is 0 Å². The van der Waals surface area contributed by atoms with Crippen molar-refractivity contribution in [2.24, 2.45) is 11.3 Å². The highest BCUT2D eigenvalue weighted by Crippen LogP contribution is 2.32. The van der Waals surface area contributed by atoms with E-state index in [-0.39, 0.29) is 5.41 Å². The molecule has 0 aromatic heterocycles. The molecular weight excluding hydrogens is 236 g/mol. The molecule has 3 nitrogen and oxygen atoms in total. The van der Waals surface area contributed by atoms with Gasteiger partial charge in [-0.2, -0.15) is 0 Å². The van der Waals surface area contributed by atoms with Gasteiger partial charge in [0.05, 0.1) is 5.41 Å². The lowest BCUT2D eigenvalue weighted by Gasteiger charge is -2.36. The van der Waals surface area contributed by atoms with Crippen LogP contribution in [0.25, 0.3) is 0 Å². The summed E-state index contributed by atoms with van der Waals surface area (Å²) in [7, 11) is 0. The Balaban J connectivity index is 1.78. The normalized spacial score (nSPS) is 28.5. The van der Waals surface area contributed by atoms with Gasteiger partial charge in [0.15, 0.2) is 0 Å². The predicted octanol–water partition coefficient (Wildman–Crippen LogP) is 2.85. The number of hydrogen-bond acceptors (Lipinski definition) is 2. The van der Waals surface area contributed by atoms with E-state index in [9.17, 15) is 4.79 Å². The van der Waals surface area contributed by atoms with Gasteiger partial charge in [-0.15, -0.1) is 0 Å². The van der Waals surface area contributed by atoms with Crippen LogP contribution in [-0.2, 0) is 4.79 Å². The Labute approximate surface area is 117 Å². The minimum absolute atomic E-state index is 0.122. The SMILES string of the molecule is CCCC1(C(=O)NCCC2CCCC2)CCCNC1. The van der Waals surface area contributed by atoms with Crippen LogP contribution in [-0.4, -0.2) is 25.5 Å². The first-order valence-electron chi connectivity index (χ1n) is 8.26. The summed E-state index contributed by atoms with van der Waals surface area (Å²) in [6.07, 6.45) is 11.0. The van der Waals surface area contributed by atoms with Crippen molar-refractivity contribution in [1.29, 1.82) is 0 Å². The molecule has 2 fully saturated rings. The van der Waals surface area contributed by atoms with E-state index < -0.39 is 0 Å². The minimum atomic E-state index is -0.122. The number of carbonyl (C=O) groups is 1. The molecule has 2 aliphatic rings. The summed E-state index contributed by atoms with van der Waals surface area (Å²) >= 11 is 0. The van der Waals surface area contributed by atoms with Crippen LogP contribution in [0.4, 0.5) is 0 Å². The standard InChI is InChI=1S/C16H30N2O/c1-2-9-16(10-5-11-17-13-16)15(19)18-12-8-14-6-3-4-7-14/h14,17H,2-13H2,1H3,(H,18,19). The van der Waals surface area contributed by atoms with Gasteiger partial charge in [-0.05, 0) is 38.1 Å². The van der Waals surface area contributed by atoms with E-state index in [0.29, 0.717) is 5.91 Å². The average Bonchev–Trinajstić information content (AvgIpc) is 2.93. The lowest BCUT2D eigenvalue weighted by molar-refractivity contribution is -0.132. The summed E-state index contributed by atoms with van der Waals surface area (Å²) in [6.45, 7) is 5.01. The van der Waals surface area contributed by atoms with Gasteiger partial charge < -0.3 is 10.6 Å². The zero-order chi connectivity index (χ0) is 13.6. The van der Waals surface area contributed by atoms with Crippen LogP contribution >= 0.6 is 0 Å². The molecule has 0 aromatic carbocycles. The number of piperidine rings is 1. The second-order valence-corrected chi connectivity index (χ2v) is 6.51. The monoisotopic (exact) mass is 266 g/mol. The van der Waals surface area contributed by atoms with Crippen molar-refractivity contribution in [3.8, 4) is 0 Å². The maximum Gasteiger partial charge on any atom is 0.227 e. The molecule has 1 heterocycles. The number of amides is 1. The number of nitrogens with one attached hydrogen (secondary N) is 2.